The molecule has 2 N–H and O–H groups in total. The molecule has 0 spiro atoms. The molecule has 0 amide bonds. The van der Waals surface area contributed by atoms with E-state index in [-0.39, 0.29) is 11.8 Å². The molecule has 146 valence electrons. The molecule has 6 nitrogen and oxygen atoms in total. The van der Waals surface area contributed by atoms with E-state index in [2.05, 4.69) is 10.6 Å². The third kappa shape index (κ3) is 4.34. The molecular weight excluding hydrogens is 356 g/mol. The summed E-state index contributed by atoms with van der Waals surface area (Å²) in [7, 11) is 1.59. The second-order valence-electron chi connectivity index (χ2n) is 6.32. The third-order valence-corrected chi connectivity index (χ3v) is 4.54. The lowest BCUT2D eigenvalue weighted by Gasteiger charge is -2.14. The topological polar surface area (TPSA) is 76.7 Å². The average molecular weight is 380 g/mol. The number of esters is 1. The zero-order valence-electron chi connectivity index (χ0n) is 16.1. The van der Waals surface area contributed by atoms with Crippen molar-refractivity contribution >= 4 is 11.8 Å². The van der Waals surface area contributed by atoms with E-state index >= 15 is 0 Å². The molecule has 1 aliphatic heterocycles. The van der Waals surface area contributed by atoms with Crippen LogP contribution in [0.4, 0.5) is 0 Å². The number of hydrogen-bond donors (Lipinski definition) is 2. The first-order chi connectivity index (χ1) is 13.6. The summed E-state index contributed by atoms with van der Waals surface area (Å²) in [6, 6.07) is 14.2. The highest BCUT2D eigenvalue weighted by Gasteiger charge is 2.23. The molecule has 0 unspecified atom stereocenters. The number of ketones is 1. The highest BCUT2D eigenvalue weighted by molar-refractivity contribution is 6.09. The molecule has 0 radical (unpaired) electrons. The van der Waals surface area contributed by atoms with E-state index in [4.69, 9.17) is 9.47 Å². The Morgan fingerprint density at radius 2 is 1.68 bits per heavy atom. The van der Waals surface area contributed by atoms with Crippen LogP contribution in [0.15, 0.2) is 59.9 Å². The van der Waals surface area contributed by atoms with Gasteiger partial charge in [-0.15, -0.1) is 0 Å². The summed E-state index contributed by atoms with van der Waals surface area (Å²) >= 11 is 0. The predicted molar refractivity (Wildman–Crippen MR) is 106 cm³/mol. The van der Waals surface area contributed by atoms with Crippen LogP contribution >= 0.6 is 0 Å². The van der Waals surface area contributed by atoms with Gasteiger partial charge in [0.15, 0.2) is 5.78 Å². The van der Waals surface area contributed by atoms with E-state index in [1.54, 1.807) is 50.4 Å². The fourth-order valence-electron chi connectivity index (χ4n) is 3.12. The third-order valence-electron chi connectivity index (χ3n) is 4.54. The van der Waals surface area contributed by atoms with E-state index in [1.807, 2.05) is 12.1 Å². The quantitative estimate of drug-likeness (QED) is 0.437. The first-order valence-corrected chi connectivity index (χ1v) is 9.28. The molecule has 1 aliphatic rings. The lowest BCUT2D eigenvalue weighted by atomic mass is 9.94. The Balaban J connectivity index is 1.96. The minimum Gasteiger partial charge on any atom is -0.497 e. The van der Waals surface area contributed by atoms with Crippen LogP contribution in [0.3, 0.4) is 0 Å². The van der Waals surface area contributed by atoms with Gasteiger partial charge < -0.3 is 20.1 Å². The minimum absolute atomic E-state index is 0.0989. The normalized spacial score (nSPS) is 12.7. The van der Waals surface area contributed by atoms with Crippen molar-refractivity contribution in [2.45, 2.75) is 13.3 Å². The van der Waals surface area contributed by atoms with Gasteiger partial charge in [-0.2, -0.15) is 0 Å². The van der Waals surface area contributed by atoms with Gasteiger partial charge in [-0.1, -0.05) is 18.2 Å². The lowest BCUT2D eigenvalue weighted by molar-refractivity contribution is 0.0525. The van der Waals surface area contributed by atoms with Crippen LogP contribution in [0.2, 0.25) is 0 Å². The molecule has 0 aliphatic carbocycles. The molecule has 1 fully saturated rings. The van der Waals surface area contributed by atoms with Crippen LogP contribution in [0.1, 0.15) is 33.2 Å². The fraction of sp³-hybridized carbons (Fsp3) is 0.273. The molecule has 0 atom stereocenters. The monoisotopic (exact) mass is 380 g/mol. The molecule has 0 bridgehead atoms. The number of benzene rings is 2. The van der Waals surface area contributed by atoms with E-state index in [0.717, 1.165) is 18.7 Å². The molecule has 6 heteroatoms. The molecule has 2 aromatic rings. The molecular formula is C22H24N2O4. The van der Waals surface area contributed by atoms with Gasteiger partial charge in [0.1, 0.15) is 11.6 Å². The van der Waals surface area contributed by atoms with E-state index in [1.165, 1.54) is 0 Å². The highest BCUT2D eigenvalue weighted by Crippen LogP contribution is 2.22. The number of carbonyl (C=O) groups is 2. The van der Waals surface area contributed by atoms with Crippen molar-refractivity contribution in [2.75, 3.05) is 26.8 Å². The molecule has 1 heterocycles. The Labute approximate surface area is 164 Å². The van der Waals surface area contributed by atoms with E-state index in [0.29, 0.717) is 41.3 Å². The van der Waals surface area contributed by atoms with Crippen molar-refractivity contribution < 1.29 is 19.1 Å². The molecule has 1 saturated heterocycles. The molecule has 28 heavy (non-hydrogen) atoms. The van der Waals surface area contributed by atoms with Crippen LogP contribution in [0.5, 0.6) is 5.75 Å². The van der Waals surface area contributed by atoms with Crippen LogP contribution < -0.4 is 15.4 Å². The van der Waals surface area contributed by atoms with E-state index in [9.17, 15) is 9.59 Å². The number of Topliss-reactive ketones (excluding diaryl/α,β-unsaturated/α-hetero) is 1. The van der Waals surface area contributed by atoms with Crippen molar-refractivity contribution in [3.63, 3.8) is 0 Å². The Morgan fingerprint density at radius 1 is 1.00 bits per heavy atom. The molecule has 2 aromatic carbocycles. The number of carbonyl (C=O) groups excluding carboxylic acids is 2. The van der Waals surface area contributed by atoms with Crippen molar-refractivity contribution in [1.82, 2.24) is 10.6 Å². The van der Waals surface area contributed by atoms with Gasteiger partial charge in [0.2, 0.25) is 0 Å². The standard InChI is InChI=1S/C22H24N2O4/c1-3-28-22(26)18-7-5-4-6-16(18)14-19(21-23-12-13-24-21)20(25)15-8-10-17(27-2)11-9-15/h4-11,23-24H,3,12-14H2,1-2H3. The zero-order valence-corrected chi connectivity index (χ0v) is 16.1. The van der Waals surface area contributed by atoms with Gasteiger partial charge in [0.05, 0.1) is 19.3 Å². The van der Waals surface area contributed by atoms with Crippen LogP contribution in [0, 0.1) is 0 Å². The van der Waals surface area contributed by atoms with Gasteiger partial charge >= 0.3 is 5.97 Å². The Hall–Kier alpha value is -3.28. The van der Waals surface area contributed by atoms with Gasteiger partial charge in [-0.05, 0) is 42.8 Å². The van der Waals surface area contributed by atoms with Crippen molar-refractivity contribution in [3.05, 3.63) is 76.6 Å². The summed E-state index contributed by atoms with van der Waals surface area (Å²) in [6.07, 6.45) is 0.315. The lowest BCUT2D eigenvalue weighted by Crippen LogP contribution is -2.21. The fourth-order valence-corrected chi connectivity index (χ4v) is 3.12. The maximum atomic E-state index is 13.2. The second-order valence-corrected chi connectivity index (χ2v) is 6.32. The maximum absolute atomic E-state index is 13.2. The van der Waals surface area contributed by atoms with E-state index < -0.39 is 0 Å². The van der Waals surface area contributed by atoms with Gasteiger partial charge in [0.25, 0.3) is 0 Å². The Morgan fingerprint density at radius 3 is 2.32 bits per heavy atom. The zero-order chi connectivity index (χ0) is 19.9. The summed E-state index contributed by atoms with van der Waals surface area (Å²) in [5, 5.41) is 6.46. The van der Waals surface area contributed by atoms with Crippen molar-refractivity contribution in [1.29, 1.82) is 0 Å². The summed E-state index contributed by atoms with van der Waals surface area (Å²) < 4.78 is 10.3. The summed E-state index contributed by atoms with van der Waals surface area (Å²) in [6.45, 7) is 3.56. The number of methoxy groups -OCH3 is 1. The number of rotatable bonds is 7. The predicted octanol–water partition coefficient (Wildman–Crippen LogP) is 2.70. The SMILES string of the molecule is CCOC(=O)c1ccccc1CC(C(=O)c1ccc(OC)cc1)=C1NCCN1. The van der Waals surface area contributed by atoms with Crippen LogP contribution in [-0.4, -0.2) is 38.6 Å². The first-order valence-electron chi connectivity index (χ1n) is 9.28. The van der Waals surface area contributed by atoms with Crippen LogP contribution in [-0.2, 0) is 11.2 Å². The number of hydrogen-bond acceptors (Lipinski definition) is 6. The van der Waals surface area contributed by atoms with Gasteiger partial charge in [-0.3, -0.25) is 4.79 Å². The summed E-state index contributed by atoms with van der Waals surface area (Å²) in [5.74, 6) is 0.917. The first kappa shape index (κ1) is 19.5. The summed E-state index contributed by atoms with van der Waals surface area (Å²) in [5.41, 5.74) is 2.37. The largest absolute Gasteiger partial charge is 0.497 e. The smallest absolute Gasteiger partial charge is 0.338 e. The second kappa shape index (κ2) is 9.08. The number of ether oxygens (including phenoxy) is 2. The molecule has 3 rings (SSSR count). The highest BCUT2D eigenvalue weighted by atomic mass is 16.5. The van der Waals surface area contributed by atoms with Gasteiger partial charge in [0, 0.05) is 30.6 Å². The Bertz CT molecular complexity index is 880. The molecule has 0 saturated carbocycles. The number of allylic oxidation sites excluding steroid dienone is 1. The molecule has 0 aromatic heterocycles. The van der Waals surface area contributed by atoms with Crippen LogP contribution in [0.25, 0.3) is 0 Å². The maximum Gasteiger partial charge on any atom is 0.338 e. The average Bonchev–Trinajstić information content (AvgIpc) is 3.26. The van der Waals surface area contributed by atoms with Gasteiger partial charge in [-0.25, -0.2) is 4.79 Å². The minimum atomic E-state index is -0.383. The van der Waals surface area contributed by atoms with Crippen molar-refractivity contribution in [3.8, 4) is 5.75 Å². The Kier molecular flexibility index (Phi) is 6.32. The van der Waals surface area contributed by atoms with Crippen molar-refractivity contribution in [2.24, 2.45) is 0 Å². The number of nitrogens with one attached hydrogen (secondary N) is 2. The summed E-state index contributed by atoms with van der Waals surface area (Å²) in [4.78, 5) is 25.6.